The molecule has 252 valence electrons. The minimum atomic E-state index is -0.286. The van der Waals surface area contributed by atoms with E-state index in [0.29, 0.717) is 0 Å². The second-order valence-electron chi connectivity index (χ2n) is 18.1. The van der Waals surface area contributed by atoms with E-state index >= 15 is 0 Å². The lowest BCUT2D eigenvalue weighted by molar-refractivity contribution is 0.466. The van der Waals surface area contributed by atoms with Gasteiger partial charge in [0.1, 0.15) is 0 Å². The van der Waals surface area contributed by atoms with E-state index in [9.17, 15) is 0 Å². The number of fused-ring (bicyclic) bond motifs is 4. The maximum atomic E-state index is 7.48. The number of ether oxygens (including phenoxy) is 1. The minimum Gasteiger partial charge on any atom is -0.453 e. The predicted molar refractivity (Wildman–Crippen MR) is 216 cm³/mol. The summed E-state index contributed by atoms with van der Waals surface area (Å²) in [5.41, 5.74) is 19.4. The van der Waals surface area contributed by atoms with E-state index in [1.807, 2.05) is 0 Å². The second-order valence-corrected chi connectivity index (χ2v) is 18.1. The fourth-order valence-electron chi connectivity index (χ4n) is 11.6. The second kappa shape index (κ2) is 8.64. The van der Waals surface area contributed by atoms with E-state index in [1.54, 1.807) is 0 Å². The number of rotatable bonds is 1. The van der Waals surface area contributed by atoms with Gasteiger partial charge >= 0.3 is 0 Å². The van der Waals surface area contributed by atoms with Gasteiger partial charge in [-0.3, -0.25) is 0 Å². The maximum Gasteiger partial charge on any atom is 0.152 e. The van der Waals surface area contributed by atoms with Gasteiger partial charge in [-0.2, -0.15) is 0 Å². The number of anilines is 3. The molecule has 4 aliphatic carbocycles. The molecule has 12 rings (SSSR count). The summed E-state index contributed by atoms with van der Waals surface area (Å²) in [5.74, 6) is 1.90. The van der Waals surface area contributed by atoms with Crippen LogP contribution in [0.15, 0.2) is 103 Å². The molecule has 0 radical (unpaired) electrons. The molecule has 1 aliphatic heterocycles. The van der Waals surface area contributed by atoms with Crippen molar-refractivity contribution < 1.29 is 4.74 Å². The molecule has 0 unspecified atom stereocenters. The fourth-order valence-corrected chi connectivity index (χ4v) is 11.6. The van der Waals surface area contributed by atoms with Crippen molar-refractivity contribution in [2.45, 2.75) is 77.0 Å². The number of hydrogen-bond acceptors (Lipinski definition) is 2. The molecular formula is C50H41NO. The van der Waals surface area contributed by atoms with Crippen LogP contribution in [-0.4, -0.2) is 0 Å². The van der Waals surface area contributed by atoms with Crippen molar-refractivity contribution >= 4 is 38.6 Å². The molecule has 1 heterocycles. The molecule has 0 atom stereocenters. The molecule has 2 nitrogen and oxygen atoms in total. The van der Waals surface area contributed by atoms with Gasteiger partial charge in [0.2, 0.25) is 0 Å². The van der Waals surface area contributed by atoms with Crippen LogP contribution < -0.4 is 9.64 Å². The van der Waals surface area contributed by atoms with Gasteiger partial charge in [-0.15, -0.1) is 0 Å². The largest absolute Gasteiger partial charge is 0.453 e. The van der Waals surface area contributed by atoms with Crippen LogP contribution in [0.3, 0.4) is 0 Å². The van der Waals surface area contributed by atoms with Crippen molar-refractivity contribution in [3.8, 4) is 33.8 Å². The molecule has 7 aromatic carbocycles. The van der Waals surface area contributed by atoms with Crippen LogP contribution in [0.4, 0.5) is 17.1 Å². The molecule has 5 aliphatic rings. The summed E-state index contributed by atoms with van der Waals surface area (Å²) < 4.78 is 7.48. The first-order chi connectivity index (χ1) is 24.8. The van der Waals surface area contributed by atoms with E-state index in [1.165, 1.54) is 99.7 Å². The van der Waals surface area contributed by atoms with E-state index in [2.05, 4.69) is 163 Å². The molecule has 7 aromatic rings. The van der Waals surface area contributed by atoms with Crippen LogP contribution in [0.25, 0.3) is 43.8 Å². The smallest absolute Gasteiger partial charge is 0.152 e. The van der Waals surface area contributed by atoms with Crippen molar-refractivity contribution in [1.29, 1.82) is 0 Å². The average molecular weight is 672 g/mol. The van der Waals surface area contributed by atoms with Crippen LogP contribution in [0.2, 0.25) is 0 Å². The van der Waals surface area contributed by atoms with Crippen molar-refractivity contribution in [1.82, 2.24) is 0 Å². The summed E-state index contributed by atoms with van der Waals surface area (Å²) in [5, 5.41) is 5.49. The van der Waals surface area contributed by atoms with Crippen molar-refractivity contribution in [3.05, 3.63) is 148 Å². The molecule has 0 bridgehead atoms. The van der Waals surface area contributed by atoms with Crippen LogP contribution in [0.5, 0.6) is 11.5 Å². The highest BCUT2D eigenvalue weighted by Crippen LogP contribution is 2.70. The molecule has 0 N–H and O–H groups in total. The summed E-state index contributed by atoms with van der Waals surface area (Å²) >= 11 is 0. The summed E-state index contributed by atoms with van der Waals surface area (Å²) in [6.45, 7) is 19.4. The Bertz CT molecular complexity index is 2690. The Morgan fingerprint density at radius 2 is 0.865 bits per heavy atom. The highest BCUT2D eigenvalue weighted by molar-refractivity contribution is 6.13. The standard InChI is InChI=1S/C50H41NO/c1-47(2)31-22-20-26-14-12-18-29-37(26)39(31)41-33(47)24-35-45(43(41)49(29,5)6)51(28-16-10-9-11-17-28)46-36(52-35)25-34-42-40-32(48(34,3)4)23-21-27-15-13-19-30(38(27)40)50(7,8)44(42)46/h9-25H,1-8H3. The van der Waals surface area contributed by atoms with Gasteiger partial charge < -0.3 is 9.64 Å². The fraction of sp³-hybridized carbons (Fsp3) is 0.240. The van der Waals surface area contributed by atoms with Gasteiger partial charge in [0.15, 0.2) is 11.5 Å². The molecule has 0 aromatic heterocycles. The Morgan fingerprint density at radius 1 is 0.404 bits per heavy atom. The lowest BCUT2D eigenvalue weighted by atomic mass is 9.66. The van der Waals surface area contributed by atoms with E-state index < -0.39 is 0 Å². The lowest BCUT2D eigenvalue weighted by Gasteiger charge is -2.45. The van der Waals surface area contributed by atoms with Crippen molar-refractivity contribution in [2.75, 3.05) is 4.90 Å². The SMILES string of the molecule is CC1(C)c2cc3c(c4c2-c2c1ccc1cccc(c21)C4(C)C)N(c1ccccc1)c1c(cc2c4c1C(C)(C)c1cccc5ccc(c-4c15)C2(C)C)O3. The van der Waals surface area contributed by atoms with Gasteiger partial charge in [-0.1, -0.05) is 134 Å². The molecule has 2 heteroatoms. The zero-order chi connectivity index (χ0) is 35.4. The van der Waals surface area contributed by atoms with Crippen LogP contribution >= 0.6 is 0 Å². The Balaban J connectivity index is 1.28. The average Bonchev–Trinajstić information content (AvgIpc) is 3.50. The molecule has 52 heavy (non-hydrogen) atoms. The Morgan fingerprint density at radius 3 is 1.33 bits per heavy atom. The monoisotopic (exact) mass is 671 g/mol. The Hall–Kier alpha value is -5.34. The van der Waals surface area contributed by atoms with Crippen LogP contribution in [-0.2, 0) is 21.7 Å². The van der Waals surface area contributed by atoms with Gasteiger partial charge in [0.25, 0.3) is 0 Å². The van der Waals surface area contributed by atoms with E-state index in [4.69, 9.17) is 4.74 Å². The molecule has 0 spiro atoms. The van der Waals surface area contributed by atoms with E-state index in [0.717, 1.165) is 17.2 Å². The third-order valence-corrected chi connectivity index (χ3v) is 14.1. The molecule has 0 saturated carbocycles. The first-order valence-corrected chi connectivity index (χ1v) is 19.0. The van der Waals surface area contributed by atoms with E-state index in [-0.39, 0.29) is 21.7 Å². The number of hydrogen-bond donors (Lipinski definition) is 0. The minimum absolute atomic E-state index is 0.165. The van der Waals surface area contributed by atoms with Crippen LogP contribution in [0.1, 0.15) is 99.9 Å². The zero-order valence-corrected chi connectivity index (χ0v) is 31.2. The van der Waals surface area contributed by atoms with Gasteiger partial charge in [-0.25, -0.2) is 0 Å². The van der Waals surface area contributed by atoms with Crippen LogP contribution in [0, 0.1) is 0 Å². The Kier molecular flexibility index (Phi) is 4.86. The summed E-state index contributed by atoms with van der Waals surface area (Å²) in [4.78, 5) is 2.61. The first-order valence-electron chi connectivity index (χ1n) is 19.0. The normalized spacial score (nSPS) is 18.7. The molecule has 0 saturated heterocycles. The highest BCUT2D eigenvalue weighted by atomic mass is 16.5. The predicted octanol–water partition coefficient (Wildman–Crippen LogP) is 13.5. The third-order valence-electron chi connectivity index (χ3n) is 14.1. The summed E-state index contributed by atoms with van der Waals surface area (Å²) in [7, 11) is 0. The first kappa shape index (κ1) is 29.3. The summed E-state index contributed by atoms with van der Waals surface area (Å²) in [6, 6.07) is 39.2. The quantitative estimate of drug-likeness (QED) is 0.172. The molecule has 0 amide bonds. The van der Waals surface area contributed by atoms with Gasteiger partial charge in [0.05, 0.1) is 11.4 Å². The topological polar surface area (TPSA) is 12.5 Å². The molecular weight excluding hydrogens is 631 g/mol. The number of nitrogens with zero attached hydrogens (tertiary/aromatic N) is 1. The number of para-hydroxylation sites is 1. The highest BCUT2D eigenvalue weighted by Gasteiger charge is 2.52. The van der Waals surface area contributed by atoms with Crippen molar-refractivity contribution in [3.63, 3.8) is 0 Å². The Labute approximate surface area is 305 Å². The number of benzene rings is 7. The maximum absolute atomic E-state index is 7.48. The van der Waals surface area contributed by atoms with Gasteiger partial charge in [-0.05, 0) is 113 Å². The zero-order valence-electron chi connectivity index (χ0n) is 31.2. The van der Waals surface area contributed by atoms with Crippen molar-refractivity contribution in [2.24, 2.45) is 0 Å². The lowest BCUT2D eigenvalue weighted by Crippen LogP contribution is -2.32. The third kappa shape index (κ3) is 2.99. The molecule has 0 fully saturated rings. The van der Waals surface area contributed by atoms with Gasteiger partial charge in [0, 0.05) is 27.3 Å². The summed E-state index contributed by atoms with van der Waals surface area (Å²) in [6.07, 6.45) is 0.